The molecular weight excluding hydrogens is 295 g/mol. The van der Waals surface area contributed by atoms with Crippen LogP contribution in [0.25, 0.3) is 0 Å². The number of carbonyl (C=O) groups is 2. The fourth-order valence-electron chi connectivity index (χ4n) is 2.72. The van der Waals surface area contributed by atoms with Crippen molar-refractivity contribution in [2.75, 3.05) is 0 Å². The summed E-state index contributed by atoms with van der Waals surface area (Å²) in [4.78, 5) is 23.3. The molecule has 3 rings (SSSR count). The molecule has 1 fully saturated rings. The number of hydrogen-bond acceptors (Lipinski definition) is 2. The van der Waals surface area contributed by atoms with Crippen molar-refractivity contribution < 1.29 is 14.0 Å². The van der Waals surface area contributed by atoms with Crippen molar-refractivity contribution in [3.8, 4) is 0 Å². The molecular formula is C18H17FN2O2. The van der Waals surface area contributed by atoms with Crippen LogP contribution in [0, 0.1) is 11.7 Å². The van der Waals surface area contributed by atoms with E-state index in [0.717, 1.165) is 17.5 Å². The number of primary amides is 1. The molecule has 2 atom stereocenters. The second kappa shape index (κ2) is 6.20. The predicted octanol–water partition coefficient (Wildman–Crippen LogP) is 2.34. The molecule has 0 aromatic heterocycles. The molecule has 0 spiro atoms. The summed E-state index contributed by atoms with van der Waals surface area (Å²) < 4.78 is 12.9. The number of halogens is 1. The van der Waals surface area contributed by atoms with Crippen LogP contribution in [0.5, 0.6) is 0 Å². The van der Waals surface area contributed by atoms with Gasteiger partial charge in [0.05, 0.1) is 0 Å². The SMILES string of the molecule is NC(=O)c1cccc(CNC(=O)[C@H]2C[C@H]2c2ccc(F)cc2)c1. The van der Waals surface area contributed by atoms with Gasteiger partial charge in [0.1, 0.15) is 5.82 Å². The van der Waals surface area contributed by atoms with Crippen molar-refractivity contribution in [3.63, 3.8) is 0 Å². The molecule has 0 saturated heterocycles. The van der Waals surface area contributed by atoms with Crippen molar-refractivity contribution in [1.82, 2.24) is 5.32 Å². The summed E-state index contributed by atoms with van der Waals surface area (Å²) in [5.41, 5.74) is 7.48. The summed E-state index contributed by atoms with van der Waals surface area (Å²) in [6.07, 6.45) is 0.777. The average molecular weight is 312 g/mol. The Bertz CT molecular complexity index is 743. The first kappa shape index (κ1) is 15.2. The maximum atomic E-state index is 12.9. The molecule has 0 unspecified atom stereocenters. The van der Waals surface area contributed by atoms with Gasteiger partial charge >= 0.3 is 0 Å². The van der Waals surface area contributed by atoms with Crippen LogP contribution in [-0.2, 0) is 11.3 Å². The Labute approximate surface area is 133 Å². The number of nitrogens with one attached hydrogen (secondary N) is 1. The van der Waals surface area contributed by atoms with E-state index in [-0.39, 0.29) is 23.6 Å². The lowest BCUT2D eigenvalue weighted by atomic mass is 10.1. The molecule has 1 aliphatic rings. The summed E-state index contributed by atoms with van der Waals surface area (Å²) in [5, 5.41) is 2.87. The third kappa shape index (κ3) is 3.56. The van der Waals surface area contributed by atoms with E-state index in [9.17, 15) is 14.0 Å². The monoisotopic (exact) mass is 312 g/mol. The van der Waals surface area contributed by atoms with E-state index in [1.807, 2.05) is 6.07 Å². The molecule has 0 radical (unpaired) electrons. The summed E-state index contributed by atoms with van der Waals surface area (Å²) in [6, 6.07) is 13.2. The van der Waals surface area contributed by atoms with Gasteiger partial charge in [0.25, 0.3) is 0 Å². The molecule has 5 heteroatoms. The molecule has 3 N–H and O–H groups in total. The number of hydrogen-bond donors (Lipinski definition) is 2. The van der Waals surface area contributed by atoms with Gasteiger partial charge < -0.3 is 11.1 Å². The van der Waals surface area contributed by atoms with Gasteiger partial charge in [-0.25, -0.2) is 4.39 Å². The Hall–Kier alpha value is -2.69. The van der Waals surface area contributed by atoms with Gasteiger partial charge in [0, 0.05) is 18.0 Å². The third-order valence-electron chi connectivity index (χ3n) is 4.10. The van der Waals surface area contributed by atoms with Gasteiger partial charge in [-0.15, -0.1) is 0 Å². The quantitative estimate of drug-likeness (QED) is 0.889. The molecule has 1 saturated carbocycles. The summed E-state index contributed by atoms with van der Waals surface area (Å²) >= 11 is 0. The van der Waals surface area contributed by atoms with Crippen LogP contribution >= 0.6 is 0 Å². The van der Waals surface area contributed by atoms with Gasteiger partial charge in [0.15, 0.2) is 0 Å². The number of amides is 2. The number of carbonyl (C=O) groups excluding carboxylic acids is 2. The zero-order valence-electron chi connectivity index (χ0n) is 12.5. The first-order valence-electron chi connectivity index (χ1n) is 7.46. The van der Waals surface area contributed by atoms with Crippen LogP contribution in [0.3, 0.4) is 0 Å². The minimum absolute atomic E-state index is 0.0243. The Morgan fingerprint density at radius 1 is 1.17 bits per heavy atom. The molecule has 0 heterocycles. The van der Waals surface area contributed by atoms with Gasteiger partial charge in [0.2, 0.25) is 11.8 Å². The first-order valence-corrected chi connectivity index (χ1v) is 7.46. The highest BCUT2D eigenvalue weighted by Crippen LogP contribution is 2.47. The van der Waals surface area contributed by atoms with Gasteiger partial charge in [-0.1, -0.05) is 24.3 Å². The van der Waals surface area contributed by atoms with Gasteiger partial charge in [-0.05, 0) is 47.7 Å². The van der Waals surface area contributed by atoms with E-state index >= 15 is 0 Å². The van der Waals surface area contributed by atoms with Crippen molar-refractivity contribution in [1.29, 1.82) is 0 Å². The van der Waals surface area contributed by atoms with Crippen molar-refractivity contribution in [2.24, 2.45) is 11.7 Å². The molecule has 118 valence electrons. The molecule has 23 heavy (non-hydrogen) atoms. The van der Waals surface area contributed by atoms with Crippen LogP contribution in [0.15, 0.2) is 48.5 Å². The van der Waals surface area contributed by atoms with Crippen LogP contribution in [0.2, 0.25) is 0 Å². The van der Waals surface area contributed by atoms with Crippen molar-refractivity contribution >= 4 is 11.8 Å². The molecule has 2 aromatic carbocycles. The topological polar surface area (TPSA) is 72.2 Å². The molecule has 2 aromatic rings. The highest BCUT2D eigenvalue weighted by atomic mass is 19.1. The van der Waals surface area contributed by atoms with Crippen LogP contribution in [0.1, 0.15) is 33.8 Å². The van der Waals surface area contributed by atoms with Gasteiger partial charge in [-0.3, -0.25) is 9.59 Å². The standard InChI is InChI=1S/C18H17FN2O2/c19-14-6-4-12(5-7-14)15-9-16(15)18(23)21-10-11-2-1-3-13(8-11)17(20)22/h1-8,15-16H,9-10H2,(H2,20,22)(H,21,23)/t15-,16-/m0/s1. The molecule has 0 aliphatic heterocycles. The summed E-state index contributed by atoms with van der Waals surface area (Å²) in [6.45, 7) is 0.354. The zero-order valence-corrected chi connectivity index (χ0v) is 12.5. The van der Waals surface area contributed by atoms with Crippen molar-refractivity contribution in [2.45, 2.75) is 18.9 Å². The van der Waals surface area contributed by atoms with E-state index < -0.39 is 5.91 Å². The number of nitrogens with two attached hydrogens (primary N) is 1. The molecule has 1 aliphatic carbocycles. The lowest BCUT2D eigenvalue weighted by Crippen LogP contribution is -2.25. The smallest absolute Gasteiger partial charge is 0.248 e. The van der Waals surface area contributed by atoms with E-state index in [4.69, 9.17) is 5.73 Å². The first-order chi connectivity index (χ1) is 11.0. The maximum absolute atomic E-state index is 12.9. The molecule has 0 bridgehead atoms. The van der Waals surface area contributed by atoms with Gasteiger partial charge in [-0.2, -0.15) is 0 Å². The second-order valence-corrected chi connectivity index (χ2v) is 5.78. The van der Waals surface area contributed by atoms with Crippen molar-refractivity contribution in [3.05, 3.63) is 71.0 Å². The fourth-order valence-corrected chi connectivity index (χ4v) is 2.72. The third-order valence-corrected chi connectivity index (χ3v) is 4.10. The van der Waals surface area contributed by atoms with Crippen LogP contribution < -0.4 is 11.1 Å². The Balaban J connectivity index is 1.56. The van der Waals surface area contributed by atoms with E-state index in [2.05, 4.69) is 5.32 Å². The second-order valence-electron chi connectivity index (χ2n) is 5.78. The Morgan fingerprint density at radius 3 is 2.61 bits per heavy atom. The summed E-state index contributed by atoms with van der Waals surface area (Å²) in [7, 11) is 0. The summed E-state index contributed by atoms with van der Waals surface area (Å²) in [5.74, 6) is -0.697. The minimum Gasteiger partial charge on any atom is -0.366 e. The Morgan fingerprint density at radius 2 is 1.91 bits per heavy atom. The predicted molar refractivity (Wildman–Crippen MR) is 84.1 cm³/mol. The zero-order chi connectivity index (χ0) is 16.4. The molecule has 4 nitrogen and oxygen atoms in total. The van der Waals surface area contributed by atoms with Crippen LogP contribution in [-0.4, -0.2) is 11.8 Å². The minimum atomic E-state index is -0.489. The number of benzene rings is 2. The number of rotatable bonds is 5. The normalized spacial score (nSPS) is 19.2. The Kier molecular flexibility index (Phi) is 4.10. The van der Waals surface area contributed by atoms with Crippen LogP contribution in [0.4, 0.5) is 4.39 Å². The highest BCUT2D eigenvalue weighted by molar-refractivity contribution is 5.92. The maximum Gasteiger partial charge on any atom is 0.248 e. The molecule has 2 amide bonds. The fraction of sp³-hybridized carbons (Fsp3) is 0.222. The largest absolute Gasteiger partial charge is 0.366 e. The lowest BCUT2D eigenvalue weighted by Gasteiger charge is -2.06. The van der Waals surface area contributed by atoms with E-state index in [1.54, 1.807) is 30.3 Å². The average Bonchev–Trinajstić information content (AvgIpc) is 3.34. The highest BCUT2D eigenvalue weighted by Gasteiger charge is 2.43. The van der Waals surface area contributed by atoms with E-state index in [0.29, 0.717) is 12.1 Å². The van der Waals surface area contributed by atoms with E-state index in [1.165, 1.54) is 12.1 Å². The lowest BCUT2D eigenvalue weighted by molar-refractivity contribution is -0.122.